The fourth-order valence-electron chi connectivity index (χ4n) is 0.921. The molecular formula is C9H11ClFN. The van der Waals surface area contributed by atoms with Gasteiger partial charge in [0.1, 0.15) is 0 Å². The third-order valence-electron chi connectivity index (χ3n) is 1.47. The van der Waals surface area contributed by atoms with E-state index in [0.717, 1.165) is 5.56 Å². The van der Waals surface area contributed by atoms with Crippen LogP contribution in [-0.4, -0.2) is 12.2 Å². The Balaban J connectivity index is 2.25. The highest BCUT2D eigenvalue weighted by atomic mass is 35.5. The lowest BCUT2D eigenvalue weighted by Crippen LogP contribution is -2.19. The molecule has 0 fully saturated rings. The van der Waals surface area contributed by atoms with E-state index in [1.807, 2.05) is 30.3 Å². The van der Waals surface area contributed by atoms with E-state index in [1.165, 1.54) is 0 Å². The molecule has 66 valence electrons. The minimum absolute atomic E-state index is 0.191. The summed E-state index contributed by atoms with van der Waals surface area (Å²) in [5, 5.41) is 2.89. The van der Waals surface area contributed by atoms with Crippen LogP contribution in [0.1, 0.15) is 5.56 Å². The molecule has 1 atom stereocenters. The van der Waals surface area contributed by atoms with Crippen molar-refractivity contribution >= 4 is 11.6 Å². The van der Waals surface area contributed by atoms with Crippen molar-refractivity contribution in [3.05, 3.63) is 35.9 Å². The summed E-state index contributed by atoms with van der Waals surface area (Å²) in [6, 6.07) is 9.81. The van der Waals surface area contributed by atoms with Crippen molar-refractivity contribution in [1.82, 2.24) is 5.32 Å². The number of rotatable bonds is 4. The standard InChI is InChI=1S/C9H11ClFN/c10-9(11)7-12-6-8-4-2-1-3-5-8/h1-5,9,12H,6-7H2. The van der Waals surface area contributed by atoms with Crippen LogP contribution in [-0.2, 0) is 6.54 Å². The van der Waals surface area contributed by atoms with Crippen molar-refractivity contribution in [2.24, 2.45) is 0 Å². The first kappa shape index (κ1) is 9.49. The van der Waals surface area contributed by atoms with Crippen LogP contribution in [0.15, 0.2) is 30.3 Å². The van der Waals surface area contributed by atoms with Gasteiger partial charge in [0.2, 0.25) is 0 Å². The Bertz CT molecular complexity index is 213. The average molecular weight is 188 g/mol. The lowest BCUT2D eigenvalue weighted by Gasteiger charge is -2.03. The summed E-state index contributed by atoms with van der Waals surface area (Å²) >= 11 is 5.11. The zero-order valence-corrected chi connectivity index (χ0v) is 7.39. The molecule has 0 saturated heterocycles. The van der Waals surface area contributed by atoms with Gasteiger partial charge in [0.05, 0.1) is 0 Å². The van der Waals surface area contributed by atoms with E-state index in [4.69, 9.17) is 11.6 Å². The molecule has 12 heavy (non-hydrogen) atoms. The molecule has 3 heteroatoms. The molecule has 1 nitrogen and oxygen atoms in total. The third kappa shape index (κ3) is 3.69. The maximum absolute atomic E-state index is 12.1. The van der Waals surface area contributed by atoms with Crippen LogP contribution in [0.25, 0.3) is 0 Å². The predicted octanol–water partition coefficient (Wildman–Crippen LogP) is 2.31. The van der Waals surface area contributed by atoms with E-state index in [1.54, 1.807) is 0 Å². The molecule has 0 amide bonds. The first-order valence-corrected chi connectivity index (χ1v) is 4.25. The molecule has 0 radical (unpaired) electrons. The second-order valence-electron chi connectivity index (χ2n) is 2.51. The molecule has 0 aromatic heterocycles. The van der Waals surface area contributed by atoms with Crippen LogP contribution in [0.2, 0.25) is 0 Å². The number of alkyl halides is 2. The highest BCUT2D eigenvalue weighted by Gasteiger charge is 1.98. The summed E-state index contributed by atoms with van der Waals surface area (Å²) in [5.41, 5.74) is -0.163. The molecule has 1 unspecified atom stereocenters. The van der Waals surface area contributed by atoms with Crippen LogP contribution >= 0.6 is 11.6 Å². The normalized spacial score (nSPS) is 12.8. The Morgan fingerprint density at radius 1 is 1.33 bits per heavy atom. The van der Waals surface area contributed by atoms with E-state index in [0.29, 0.717) is 6.54 Å². The molecule has 0 bridgehead atoms. The number of halogens is 2. The maximum atomic E-state index is 12.1. The molecule has 0 aliphatic heterocycles. The number of nitrogens with one attached hydrogen (secondary N) is 1. The average Bonchev–Trinajstić information content (AvgIpc) is 2.05. The molecule has 1 rings (SSSR count). The SMILES string of the molecule is FC(Cl)CNCc1ccccc1. The molecule has 0 saturated carbocycles. The zero-order chi connectivity index (χ0) is 8.81. The van der Waals surface area contributed by atoms with Gasteiger partial charge in [0.15, 0.2) is 5.63 Å². The molecule has 0 heterocycles. The van der Waals surface area contributed by atoms with Crippen molar-refractivity contribution in [1.29, 1.82) is 0 Å². The van der Waals surface area contributed by atoms with Gasteiger partial charge in [-0.3, -0.25) is 0 Å². The van der Waals surface area contributed by atoms with Gasteiger partial charge in [0, 0.05) is 13.1 Å². The van der Waals surface area contributed by atoms with Gasteiger partial charge in [-0.1, -0.05) is 41.9 Å². The van der Waals surface area contributed by atoms with Crippen molar-refractivity contribution in [3.63, 3.8) is 0 Å². The molecule has 1 aromatic rings. The highest BCUT2D eigenvalue weighted by Crippen LogP contribution is 1.98. The fourth-order valence-corrected chi connectivity index (χ4v) is 1.03. The number of hydrogen-bond acceptors (Lipinski definition) is 1. The fraction of sp³-hybridized carbons (Fsp3) is 0.333. The summed E-state index contributed by atoms with van der Waals surface area (Å²) < 4.78 is 12.1. The summed E-state index contributed by atoms with van der Waals surface area (Å²) in [6.07, 6.45) is 0. The molecule has 1 N–H and O–H groups in total. The second-order valence-corrected chi connectivity index (χ2v) is 2.98. The Morgan fingerprint density at radius 3 is 2.58 bits per heavy atom. The first-order chi connectivity index (χ1) is 5.79. The smallest absolute Gasteiger partial charge is 0.185 e. The van der Waals surface area contributed by atoms with Crippen LogP contribution in [0.3, 0.4) is 0 Å². The predicted molar refractivity (Wildman–Crippen MR) is 48.9 cm³/mol. The Hall–Kier alpha value is -0.600. The van der Waals surface area contributed by atoms with Gasteiger partial charge in [-0.15, -0.1) is 0 Å². The van der Waals surface area contributed by atoms with Gasteiger partial charge in [-0.2, -0.15) is 0 Å². The Morgan fingerprint density at radius 2 is 2.00 bits per heavy atom. The van der Waals surface area contributed by atoms with E-state index in [2.05, 4.69) is 5.32 Å². The summed E-state index contributed by atoms with van der Waals surface area (Å²) in [6.45, 7) is 0.852. The largest absolute Gasteiger partial charge is 0.309 e. The van der Waals surface area contributed by atoms with E-state index < -0.39 is 5.63 Å². The van der Waals surface area contributed by atoms with Gasteiger partial charge in [-0.25, -0.2) is 4.39 Å². The molecular weight excluding hydrogens is 177 g/mol. The lowest BCUT2D eigenvalue weighted by atomic mass is 10.2. The van der Waals surface area contributed by atoms with E-state index >= 15 is 0 Å². The van der Waals surface area contributed by atoms with Crippen LogP contribution < -0.4 is 5.32 Å². The summed E-state index contributed by atoms with van der Waals surface area (Å²) in [5.74, 6) is 0. The van der Waals surface area contributed by atoms with E-state index in [9.17, 15) is 4.39 Å². The summed E-state index contributed by atoms with van der Waals surface area (Å²) in [7, 11) is 0. The molecule has 0 aliphatic rings. The topological polar surface area (TPSA) is 12.0 Å². The molecule has 1 aromatic carbocycles. The highest BCUT2D eigenvalue weighted by molar-refractivity contribution is 6.19. The third-order valence-corrected chi connectivity index (χ3v) is 1.62. The second kappa shape index (κ2) is 5.12. The summed E-state index contributed by atoms with van der Waals surface area (Å²) in [4.78, 5) is 0. The molecule has 0 spiro atoms. The van der Waals surface area contributed by atoms with Gasteiger partial charge in [0.25, 0.3) is 0 Å². The molecule has 0 aliphatic carbocycles. The van der Waals surface area contributed by atoms with Crippen molar-refractivity contribution in [2.75, 3.05) is 6.54 Å². The van der Waals surface area contributed by atoms with E-state index in [-0.39, 0.29) is 6.54 Å². The maximum Gasteiger partial charge on any atom is 0.185 e. The Labute approximate surface area is 76.5 Å². The minimum Gasteiger partial charge on any atom is -0.309 e. The van der Waals surface area contributed by atoms with Crippen molar-refractivity contribution in [2.45, 2.75) is 12.2 Å². The quantitative estimate of drug-likeness (QED) is 0.714. The zero-order valence-electron chi connectivity index (χ0n) is 6.63. The van der Waals surface area contributed by atoms with Gasteiger partial charge < -0.3 is 5.32 Å². The van der Waals surface area contributed by atoms with Gasteiger partial charge >= 0.3 is 0 Å². The number of benzene rings is 1. The lowest BCUT2D eigenvalue weighted by molar-refractivity contribution is 0.419. The van der Waals surface area contributed by atoms with Crippen molar-refractivity contribution < 1.29 is 4.39 Å². The first-order valence-electron chi connectivity index (χ1n) is 3.82. The Kier molecular flexibility index (Phi) is 4.05. The van der Waals surface area contributed by atoms with Crippen LogP contribution in [0.5, 0.6) is 0 Å². The monoisotopic (exact) mass is 187 g/mol. The van der Waals surface area contributed by atoms with Crippen molar-refractivity contribution in [3.8, 4) is 0 Å². The van der Waals surface area contributed by atoms with Gasteiger partial charge in [-0.05, 0) is 5.56 Å². The van der Waals surface area contributed by atoms with Crippen LogP contribution in [0.4, 0.5) is 4.39 Å². The number of hydrogen-bond donors (Lipinski definition) is 1. The van der Waals surface area contributed by atoms with Crippen LogP contribution in [0, 0.1) is 0 Å². The minimum atomic E-state index is -1.30.